The lowest BCUT2D eigenvalue weighted by Crippen LogP contribution is -2.11. The summed E-state index contributed by atoms with van der Waals surface area (Å²) < 4.78 is 39.9. The number of rotatable bonds is 1. The van der Waals surface area contributed by atoms with Crippen LogP contribution in [0.1, 0.15) is 5.56 Å². The Kier molecular flexibility index (Phi) is 2.86. The number of anilines is 1. The van der Waals surface area contributed by atoms with Gasteiger partial charge in [0.05, 0.1) is 29.3 Å². The average Bonchev–Trinajstić information content (AvgIpc) is 2.63. The van der Waals surface area contributed by atoms with Crippen LogP contribution in [0.15, 0.2) is 35.1 Å². The predicted molar refractivity (Wildman–Crippen MR) is 60.7 cm³/mol. The lowest BCUT2D eigenvalue weighted by Gasteiger charge is -2.12. The first-order valence-electron chi connectivity index (χ1n) is 4.55. The van der Waals surface area contributed by atoms with Crippen molar-refractivity contribution in [3.05, 3.63) is 40.6 Å². The quantitative estimate of drug-likeness (QED) is 0.879. The Morgan fingerprint density at radius 1 is 1.29 bits per heavy atom. The molecule has 0 amide bonds. The molecule has 0 spiro atoms. The van der Waals surface area contributed by atoms with Crippen LogP contribution in [0.2, 0.25) is 0 Å². The summed E-state index contributed by atoms with van der Waals surface area (Å²) in [6, 6.07) is 3.86. The maximum atomic E-state index is 12.8. The molecule has 2 N–H and O–H groups in total. The number of alkyl halides is 3. The van der Waals surface area contributed by atoms with Crippen molar-refractivity contribution >= 4 is 21.6 Å². The molecule has 0 saturated carbocycles. The van der Waals surface area contributed by atoms with E-state index in [0.717, 1.165) is 10.7 Å². The third-order valence-corrected chi connectivity index (χ3v) is 2.61. The Morgan fingerprint density at radius 3 is 2.53 bits per heavy atom. The Hall–Kier alpha value is -1.50. The summed E-state index contributed by atoms with van der Waals surface area (Å²) in [4.78, 5) is 0. The van der Waals surface area contributed by atoms with E-state index < -0.39 is 11.7 Å². The lowest BCUT2D eigenvalue weighted by molar-refractivity contribution is -0.137. The Labute approximate surface area is 103 Å². The van der Waals surface area contributed by atoms with Gasteiger partial charge >= 0.3 is 6.18 Å². The van der Waals surface area contributed by atoms with Crippen molar-refractivity contribution in [1.29, 1.82) is 0 Å². The number of halogens is 4. The first-order valence-corrected chi connectivity index (χ1v) is 5.34. The molecule has 1 aromatic carbocycles. The summed E-state index contributed by atoms with van der Waals surface area (Å²) in [5.74, 6) is 0. The van der Waals surface area contributed by atoms with E-state index in [1.54, 1.807) is 0 Å². The Morgan fingerprint density at radius 2 is 2.00 bits per heavy atom. The molecule has 0 fully saturated rings. The van der Waals surface area contributed by atoms with Crippen molar-refractivity contribution in [2.75, 3.05) is 5.73 Å². The highest BCUT2D eigenvalue weighted by molar-refractivity contribution is 9.10. The Balaban J connectivity index is 2.61. The summed E-state index contributed by atoms with van der Waals surface area (Å²) in [7, 11) is 0. The molecule has 0 unspecified atom stereocenters. The van der Waals surface area contributed by atoms with Gasteiger partial charge in [-0.3, -0.25) is 0 Å². The largest absolute Gasteiger partial charge is 0.418 e. The van der Waals surface area contributed by atoms with Crippen LogP contribution in [0.4, 0.5) is 18.9 Å². The highest BCUT2D eigenvalue weighted by atomic mass is 79.9. The standard InChI is InChI=1S/C10H7BrF3N3/c11-6-1-2-9(8(3-6)10(12,13)14)17-5-7(15)4-16-17/h1-5H,15H2. The third-order valence-electron chi connectivity index (χ3n) is 2.11. The van der Waals surface area contributed by atoms with Crippen molar-refractivity contribution in [2.24, 2.45) is 0 Å². The van der Waals surface area contributed by atoms with E-state index in [9.17, 15) is 13.2 Å². The van der Waals surface area contributed by atoms with Crippen LogP contribution in [0.25, 0.3) is 5.69 Å². The van der Waals surface area contributed by atoms with Crippen LogP contribution in [-0.4, -0.2) is 9.78 Å². The number of nitrogens with zero attached hydrogens (tertiary/aromatic N) is 2. The first-order chi connectivity index (χ1) is 7.88. The van der Waals surface area contributed by atoms with Gasteiger partial charge in [-0.25, -0.2) is 4.68 Å². The second kappa shape index (κ2) is 4.06. The maximum absolute atomic E-state index is 12.8. The second-order valence-electron chi connectivity index (χ2n) is 3.38. The smallest absolute Gasteiger partial charge is 0.396 e. The van der Waals surface area contributed by atoms with E-state index in [1.165, 1.54) is 24.5 Å². The molecule has 1 aromatic heterocycles. The topological polar surface area (TPSA) is 43.8 Å². The first kappa shape index (κ1) is 12.0. The van der Waals surface area contributed by atoms with E-state index in [4.69, 9.17) is 5.73 Å². The lowest BCUT2D eigenvalue weighted by atomic mass is 10.1. The molecule has 0 aliphatic carbocycles. The van der Waals surface area contributed by atoms with Gasteiger partial charge in [-0.1, -0.05) is 15.9 Å². The minimum atomic E-state index is -4.44. The fourth-order valence-electron chi connectivity index (χ4n) is 1.40. The molecule has 2 rings (SSSR count). The molecule has 17 heavy (non-hydrogen) atoms. The van der Waals surface area contributed by atoms with Crippen LogP contribution < -0.4 is 5.73 Å². The molecule has 0 bridgehead atoms. The van der Waals surface area contributed by atoms with Gasteiger partial charge < -0.3 is 5.73 Å². The molecular weight excluding hydrogens is 299 g/mol. The molecule has 7 heteroatoms. The summed E-state index contributed by atoms with van der Waals surface area (Å²) in [5, 5.41) is 3.77. The van der Waals surface area contributed by atoms with E-state index >= 15 is 0 Å². The van der Waals surface area contributed by atoms with Crippen molar-refractivity contribution in [3.63, 3.8) is 0 Å². The van der Waals surface area contributed by atoms with Crippen LogP contribution in [0, 0.1) is 0 Å². The maximum Gasteiger partial charge on any atom is 0.418 e. The SMILES string of the molecule is Nc1cnn(-c2ccc(Br)cc2C(F)(F)F)c1. The summed E-state index contributed by atoms with van der Waals surface area (Å²) in [6.07, 6.45) is -1.82. The molecule has 3 nitrogen and oxygen atoms in total. The van der Waals surface area contributed by atoms with E-state index in [0.29, 0.717) is 10.2 Å². The molecular formula is C10H7BrF3N3. The molecule has 90 valence electrons. The average molecular weight is 306 g/mol. The van der Waals surface area contributed by atoms with Gasteiger partial charge in [-0.15, -0.1) is 0 Å². The van der Waals surface area contributed by atoms with Gasteiger partial charge in [0.2, 0.25) is 0 Å². The molecule has 0 atom stereocenters. The number of nitrogen functional groups attached to an aromatic ring is 1. The normalized spacial score (nSPS) is 11.8. The molecule has 0 aliphatic rings. The van der Waals surface area contributed by atoms with Crippen molar-refractivity contribution in [1.82, 2.24) is 9.78 Å². The number of benzene rings is 1. The summed E-state index contributed by atoms with van der Waals surface area (Å²) in [5.41, 5.74) is 4.91. The van der Waals surface area contributed by atoms with Crippen molar-refractivity contribution in [3.8, 4) is 5.69 Å². The Bertz CT molecular complexity index is 548. The highest BCUT2D eigenvalue weighted by Gasteiger charge is 2.34. The monoisotopic (exact) mass is 305 g/mol. The number of aromatic nitrogens is 2. The highest BCUT2D eigenvalue weighted by Crippen LogP contribution is 2.35. The van der Waals surface area contributed by atoms with Crippen molar-refractivity contribution in [2.45, 2.75) is 6.18 Å². The molecule has 0 aliphatic heterocycles. The number of hydrogen-bond acceptors (Lipinski definition) is 2. The van der Waals surface area contributed by atoms with Gasteiger partial charge in [0.25, 0.3) is 0 Å². The van der Waals surface area contributed by atoms with Crippen LogP contribution in [0.5, 0.6) is 0 Å². The number of nitrogens with two attached hydrogens (primary N) is 1. The fraction of sp³-hybridized carbons (Fsp3) is 0.100. The third kappa shape index (κ3) is 2.44. The zero-order valence-corrected chi connectivity index (χ0v) is 9.96. The molecule has 2 aromatic rings. The van der Waals surface area contributed by atoms with Crippen molar-refractivity contribution < 1.29 is 13.2 Å². The molecule has 0 saturated heterocycles. The van der Waals surface area contributed by atoms with Gasteiger partial charge in [-0.05, 0) is 18.2 Å². The van der Waals surface area contributed by atoms with E-state index in [1.807, 2.05) is 0 Å². The van der Waals surface area contributed by atoms with Gasteiger partial charge in [0.1, 0.15) is 0 Å². The second-order valence-corrected chi connectivity index (χ2v) is 4.29. The van der Waals surface area contributed by atoms with Gasteiger partial charge in [-0.2, -0.15) is 18.3 Å². The van der Waals surface area contributed by atoms with Gasteiger partial charge in [0, 0.05) is 4.47 Å². The van der Waals surface area contributed by atoms with Crippen LogP contribution in [-0.2, 0) is 6.18 Å². The molecule has 0 radical (unpaired) electrons. The fourth-order valence-corrected chi connectivity index (χ4v) is 1.76. The van der Waals surface area contributed by atoms with Gasteiger partial charge in [0.15, 0.2) is 0 Å². The summed E-state index contributed by atoms with van der Waals surface area (Å²) in [6.45, 7) is 0. The summed E-state index contributed by atoms with van der Waals surface area (Å²) >= 11 is 3.01. The number of hydrogen-bond donors (Lipinski definition) is 1. The van der Waals surface area contributed by atoms with Crippen LogP contribution in [0.3, 0.4) is 0 Å². The predicted octanol–water partition coefficient (Wildman–Crippen LogP) is 3.24. The van der Waals surface area contributed by atoms with Crippen LogP contribution >= 0.6 is 15.9 Å². The zero-order valence-electron chi connectivity index (χ0n) is 8.37. The molecule has 1 heterocycles. The minimum Gasteiger partial charge on any atom is -0.396 e. The minimum absolute atomic E-state index is 0.0580. The van der Waals surface area contributed by atoms with E-state index in [2.05, 4.69) is 21.0 Å². The zero-order chi connectivity index (χ0) is 12.6. The van der Waals surface area contributed by atoms with E-state index in [-0.39, 0.29) is 5.69 Å².